The third kappa shape index (κ3) is 34.8. The molecule has 37 nitrogen and oxygen atoms in total. The number of nitrogens with one attached hydrogen (secondary N) is 5. The van der Waals surface area contributed by atoms with Gasteiger partial charge in [0.15, 0.2) is 40.0 Å². The van der Waals surface area contributed by atoms with E-state index < -0.39 is 58.8 Å². The van der Waals surface area contributed by atoms with Gasteiger partial charge in [0.2, 0.25) is 5.91 Å². The summed E-state index contributed by atoms with van der Waals surface area (Å²) in [5, 5.41) is 58.3. The second-order valence-electron chi connectivity index (χ2n) is 32.7. The number of aryl methyl sites for hydroxylation is 2. The zero-order valence-corrected chi connectivity index (χ0v) is 86.6. The van der Waals surface area contributed by atoms with Crippen LogP contribution in [0.3, 0.4) is 0 Å². The summed E-state index contributed by atoms with van der Waals surface area (Å²) in [6.45, 7) is 15.4. The number of carbonyl (C=O) groups is 10. The number of hydrogen-bond donors (Lipinski definition) is 10. The summed E-state index contributed by atoms with van der Waals surface area (Å²) in [6.07, 6.45) is 20.6. The molecule has 2 atom stereocenters. The molecule has 0 unspecified atom stereocenters. The molecule has 0 radical (unpaired) electrons. The van der Waals surface area contributed by atoms with Gasteiger partial charge in [-0.1, -0.05) is 48.0 Å². The van der Waals surface area contributed by atoms with Crippen molar-refractivity contribution in [3.63, 3.8) is 0 Å². The van der Waals surface area contributed by atoms with Crippen molar-refractivity contribution in [2.75, 3.05) is 34.4 Å². The topological polar surface area (TPSA) is 525 Å². The minimum atomic E-state index is -1.00. The van der Waals surface area contributed by atoms with Crippen LogP contribution in [0.1, 0.15) is 119 Å². The Bertz CT molecular complexity index is 7050. The second-order valence-corrected chi connectivity index (χ2v) is 38.4. The summed E-state index contributed by atoms with van der Waals surface area (Å²) in [6, 6.07) is 46.0. The fourth-order valence-corrected chi connectivity index (χ4v) is 14.5. The molecular weight excluding hydrogens is 2030 g/mol. The number of Topliss-reactive ketones (excluding diaryl/α,β-unsaturated/α-hetero) is 2. The van der Waals surface area contributed by atoms with E-state index in [4.69, 9.17) is 49.1 Å². The van der Waals surface area contributed by atoms with E-state index in [1.165, 1.54) is 28.5 Å². The maximum absolute atomic E-state index is 13.5. The molecule has 0 spiro atoms. The first-order chi connectivity index (χ1) is 67.4. The predicted molar refractivity (Wildman–Crippen MR) is 574 cm³/mol. The normalized spacial score (nSPS) is 12.6. The van der Waals surface area contributed by atoms with Crippen LogP contribution < -0.4 is 49.5 Å². The van der Waals surface area contributed by atoms with Crippen LogP contribution in [-0.2, 0) is 171 Å². The molecule has 5 amide bonds. The zero-order valence-electron chi connectivity index (χ0n) is 77.5. The van der Waals surface area contributed by atoms with Crippen molar-refractivity contribution in [3.8, 4) is 0 Å². The molecule has 16 rings (SSSR count). The summed E-state index contributed by atoms with van der Waals surface area (Å²) in [7, 11) is 3.26. The van der Waals surface area contributed by atoms with Crippen molar-refractivity contribution in [2.24, 2.45) is 22.9 Å². The van der Waals surface area contributed by atoms with Gasteiger partial charge in [0.25, 0.3) is 23.6 Å². The number of pyridine rings is 2. The second kappa shape index (κ2) is 55.3. The van der Waals surface area contributed by atoms with Crippen molar-refractivity contribution in [1.29, 1.82) is 0 Å². The Labute approximate surface area is 865 Å². The van der Waals surface area contributed by atoms with Crippen molar-refractivity contribution >= 4 is 268 Å². The van der Waals surface area contributed by atoms with E-state index in [2.05, 4.69) is 157 Å². The first-order valence-electron chi connectivity index (χ1n) is 42.5. The molecule has 0 aliphatic carbocycles. The van der Waals surface area contributed by atoms with Gasteiger partial charge in [-0.3, -0.25) is 57.9 Å². The number of halogens is 1. The Morgan fingerprint density at radius 3 is 1.13 bits per heavy atom. The Hall–Kier alpha value is -14.0. The molecule has 14 N–H and O–H groups in total. The molecule has 0 bridgehead atoms. The molecule has 4 aromatic carbocycles. The third-order valence-electron chi connectivity index (χ3n) is 20.0. The number of hydrogen-bond acceptors (Lipinski definition) is 33. The number of carboxylic acids is 1. The van der Waals surface area contributed by atoms with Crippen LogP contribution in [0.5, 0.6) is 0 Å². The lowest BCUT2D eigenvalue weighted by atomic mass is 9.99. The maximum atomic E-state index is 13.5. The summed E-state index contributed by atoms with van der Waals surface area (Å²) < 4.78 is 17.2. The predicted octanol–water partition coefficient (Wildman–Crippen LogP) is 11.7. The quantitative estimate of drug-likeness (QED) is 0.0178. The zero-order chi connectivity index (χ0) is 103. The number of aromatic nitrogens is 14. The van der Waals surface area contributed by atoms with E-state index in [1.54, 1.807) is 194 Å². The van der Waals surface area contributed by atoms with Crippen molar-refractivity contribution in [2.45, 2.75) is 131 Å². The van der Waals surface area contributed by atoms with Gasteiger partial charge >= 0.3 is 17.9 Å². The van der Waals surface area contributed by atoms with Crippen molar-refractivity contribution in [3.05, 3.63) is 276 Å². The van der Waals surface area contributed by atoms with Gasteiger partial charge in [-0.05, 0) is 214 Å². The Balaban J connectivity index is 0.000000216. The number of benzene rings is 4. The van der Waals surface area contributed by atoms with Gasteiger partial charge in [0.1, 0.15) is 37.4 Å². The third-order valence-corrected chi connectivity index (χ3v) is 22.4. The summed E-state index contributed by atoms with van der Waals surface area (Å²) in [4.78, 5) is 132. The molecule has 0 fully saturated rings. The van der Waals surface area contributed by atoms with Crippen LogP contribution in [0.4, 0.5) is 46.0 Å². The van der Waals surface area contributed by atoms with Gasteiger partial charge in [-0.2, -0.15) is 28.8 Å². The molecule has 2 aliphatic rings. The molecule has 142 heavy (non-hydrogen) atoms. The fourth-order valence-electron chi connectivity index (χ4n) is 14.4. The van der Waals surface area contributed by atoms with Crippen LogP contribution >= 0.6 is 25.1 Å². The first kappa shape index (κ1) is 113. The number of primary amides is 4. The number of rotatable bonds is 26. The van der Waals surface area contributed by atoms with Crippen LogP contribution in [0.25, 0.3) is 43.6 Å². The van der Waals surface area contributed by atoms with Gasteiger partial charge in [0, 0.05) is 239 Å². The molecular formula is C94H99ClN24O13S10. The summed E-state index contributed by atoms with van der Waals surface area (Å²) in [5.74, 6) is -2.05. The van der Waals surface area contributed by atoms with E-state index in [-0.39, 0.29) is 80.3 Å². The number of carboxylic acid groups (broad SMARTS) is 1. The molecule has 0 saturated carbocycles. The highest BCUT2D eigenvalue weighted by Crippen LogP contribution is 2.33. The van der Waals surface area contributed by atoms with Gasteiger partial charge < -0.3 is 87.3 Å². The minimum absolute atomic E-state index is 0. The number of nitrogens with two attached hydrogens (primary N) is 4. The minimum Gasteiger partial charge on any atom is -0.480 e. The van der Waals surface area contributed by atoms with Crippen LogP contribution in [-0.4, -0.2) is 174 Å². The average molecular weight is 2130 g/mol. The number of carbonyl (C=O) groups excluding carboxylic acids is 9. The lowest BCUT2D eigenvalue weighted by molar-refractivity contribution is -0.156. The highest BCUT2D eigenvalue weighted by molar-refractivity contribution is 8.51. The molecule has 2 aliphatic heterocycles. The number of esters is 2. The summed E-state index contributed by atoms with van der Waals surface area (Å²) >= 11 is 30.0. The Kier molecular flexibility index (Phi) is 44.1. The molecule has 12 heterocycles. The van der Waals surface area contributed by atoms with E-state index in [1.807, 2.05) is 86.7 Å². The molecule has 14 aromatic rings. The van der Waals surface area contributed by atoms with Crippen molar-refractivity contribution in [1.82, 2.24) is 79.2 Å². The van der Waals surface area contributed by atoms with E-state index in [0.29, 0.717) is 126 Å². The maximum Gasteiger partial charge on any atom is 0.326 e. The lowest BCUT2D eigenvalue weighted by Gasteiger charge is -2.32. The number of anilines is 8. The summed E-state index contributed by atoms with van der Waals surface area (Å²) in [5.41, 5.74) is 30.9. The standard InChI is InChI=1S/C28H27N7O3.C19H20ClN5O3.C19H21N5O3.C15H13N5O3.C13H16N2O.S4.S3.S2.H2S/c1-18-6-4-7-19(31-18)15-25(36)24-8-2-3-13-35(24)27(37)17-34-16-22(28(29)38)21-14-20(10-11-23(21)34)32-26-9-5-12-30-33-26;1-19(2,3)28-17(26)10-25-9-13(18(21)27)12-8-11(4-5-14(12)25)22-16-7-6-15(20)23-24-16;1-19(2,3)27-17(25)11-24-10-14(18(20)26)13-9-12(6-7-15(13)24)22-16-5-4-8-21-23-16;16-15(23)11-7-20(8-14(21)22)12-4-3-9(6-10(11)12)18-13-2-1-5-17-19-13;1-10-5-4-6-11(15-10)9-13(16)12-7-2-3-8-14-12;1-3-4-2;1-3-2;1-2;/h2-7,9-12,14,16,24H,8,13,15,17H2,1H3,(H2,29,38)(H,32,33);4-9H,10H2,1-3H3,(H2,21,27)(H,22,24);4-10H,11H2,1-3H3,(H2,20,26)(H,22,23);1-7H,8H2,(H2,16,23)(H,18,19)(H,21,22);2-6,12,14H,7-9H2,1H3;;;;1H2/t24-;;;;12-;;;;/m0...0..../s1. The molecule has 0 saturated heterocycles. The number of ether oxygens (including phenoxy) is 2. The van der Waals surface area contributed by atoms with Gasteiger partial charge in [-0.25, -0.2) is 0 Å². The number of fused-ring (bicyclic) bond motifs is 4. The smallest absolute Gasteiger partial charge is 0.326 e. The van der Waals surface area contributed by atoms with E-state index >= 15 is 0 Å². The molecule has 740 valence electrons. The largest absolute Gasteiger partial charge is 0.480 e. The Morgan fingerprint density at radius 2 is 0.817 bits per heavy atom. The lowest BCUT2D eigenvalue weighted by Crippen LogP contribution is -2.48. The van der Waals surface area contributed by atoms with E-state index in [9.17, 15) is 47.9 Å². The SMILES string of the molecule is CC(C)(C)OC(=O)Cn1cc(C(N)=O)c2cc(Nc3ccc(Cl)nn3)ccc21.CC(C)(C)OC(=O)Cn1cc(C(N)=O)c2cc(Nc3cccnn3)ccc21.Cc1cccc(CC(=O)[C@@H]2CC=CCN2)n1.Cc1cccc(CC(=O)[C@@H]2CC=CCN2C(=O)Cn2cc(C(N)=O)c3cc(Nc4cccnn4)ccc32)n1.NC(=O)c1cn(CC(=O)O)c2ccc(Nc3cccnn3)cc12.S.S=S.S=S=S.S=S=S=S. The van der Waals surface area contributed by atoms with Crippen LogP contribution in [0.2, 0.25) is 5.15 Å². The Morgan fingerprint density at radius 1 is 0.458 bits per heavy atom. The highest BCUT2D eigenvalue weighted by Gasteiger charge is 2.32. The number of amides is 5. The molecule has 48 heteroatoms. The van der Waals surface area contributed by atoms with E-state index in [0.717, 1.165) is 44.6 Å². The van der Waals surface area contributed by atoms with Crippen LogP contribution in [0, 0.1) is 13.8 Å². The van der Waals surface area contributed by atoms with Crippen molar-refractivity contribution < 1.29 is 62.5 Å². The fraction of sp³-hybridized carbons (Fsp3) is 0.234. The highest BCUT2D eigenvalue weighted by atomic mass is 35.5. The van der Waals surface area contributed by atoms with Gasteiger partial charge in [-0.15, -0.1) is 25.5 Å². The first-order valence-corrected chi connectivity index (χ1v) is 50.9. The van der Waals surface area contributed by atoms with Crippen LogP contribution in [0.15, 0.2) is 225 Å². The number of aliphatic carboxylic acids is 1. The average Bonchev–Trinajstić information content (AvgIpc) is 1.64. The molecule has 10 aromatic heterocycles. The monoisotopic (exact) mass is 2130 g/mol. The number of ketones is 2. The number of nitrogens with zero attached hydrogens (tertiary/aromatic N) is 15. The van der Waals surface area contributed by atoms with Gasteiger partial charge in [0.05, 0.1) is 47.2 Å².